The van der Waals surface area contributed by atoms with Gasteiger partial charge in [-0.25, -0.2) is 0 Å². The molecule has 1 saturated carbocycles. The van der Waals surface area contributed by atoms with Crippen molar-refractivity contribution in [2.45, 2.75) is 247 Å². The molecule has 0 bridgehead atoms. The van der Waals surface area contributed by atoms with Crippen LogP contribution < -0.4 is 0 Å². The van der Waals surface area contributed by atoms with E-state index in [1.165, 1.54) is 48.8 Å². The Morgan fingerprint density at radius 3 is 1.82 bits per heavy atom. The van der Waals surface area contributed by atoms with Crippen molar-refractivity contribution in [1.29, 1.82) is 0 Å². The number of hydrogen-bond donors (Lipinski definition) is 1. The fourth-order valence-corrected chi connectivity index (χ4v) is 12.4. The van der Waals surface area contributed by atoms with Gasteiger partial charge in [-0.1, -0.05) is 62.0 Å². The number of ketones is 2. The van der Waals surface area contributed by atoms with Gasteiger partial charge in [-0.3, -0.25) is 33.6 Å². The minimum atomic E-state index is -2.08. The first-order chi connectivity index (χ1) is 36.7. The summed E-state index contributed by atoms with van der Waals surface area (Å²) in [5, 5.41) is 12.6. The molecular formula is C58H94O21. The summed E-state index contributed by atoms with van der Waals surface area (Å²) < 4.78 is 80.5. The van der Waals surface area contributed by atoms with E-state index < -0.39 is 174 Å². The molecule has 21 heteroatoms. The molecule has 3 heterocycles. The van der Waals surface area contributed by atoms with E-state index in [1.807, 2.05) is 34.6 Å². The monoisotopic (exact) mass is 1130 g/mol. The maximum absolute atomic E-state index is 15.6. The lowest BCUT2D eigenvalue weighted by atomic mass is 9.69. The standard InChI is InChI=1S/C58H94O21/c1-27(2)21-44(64)76-48-32(7)42(30(5)26-69-55-52(68-20)51(67-19)50(36(11)72-55)74-39(14)60)23-43(63)33(8)49(77-45-25-58(18,79-41(16)62)54(37(12)71-45)75-40(15)61)34(9)46(29(4)24-57(17,66)53(65)35(48)10)78-56-47(73-38(13)59)28(3)22-31(6)70-56/h27,29-37,42,45-52,54-56,66H,3,21-26H2,1-2,4-20H3/t29-,30-,31+,32-,33-,34+,35+,36+,37-,42+,45-,46-,47+,48+,49+,50+,51+,52+,54-,55+,56-,57-,58+/m0/s1. The van der Waals surface area contributed by atoms with Crippen LogP contribution in [0.2, 0.25) is 0 Å². The van der Waals surface area contributed by atoms with Crippen LogP contribution in [0.1, 0.15) is 150 Å². The van der Waals surface area contributed by atoms with Crippen LogP contribution in [0.4, 0.5) is 0 Å². The Morgan fingerprint density at radius 2 is 1.27 bits per heavy atom. The lowest BCUT2D eigenvalue weighted by molar-refractivity contribution is -0.306. The lowest BCUT2D eigenvalue weighted by Gasteiger charge is -2.48. The summed E-state index contributed by atoms with van der Waals surface area (Å²) in [4.78, 5) is 94.4. The number of carbonyl (C=O) groups excluding carboxylic acids is 7. The minimum absolute atomic E-state index is 0.0278. The predicted molar refractivity (Wildman–Crippen MR) is 283 cm³/mol. The number of ether oxygens (including phenoxy) is 13. The summed E-state index contributed by atoms with van der Waals surface area (Å²) in [7, 11) is 2.91. The fraction of sp³-hybridized carbons (Fsp3) is 0.845. The summed E-state index contributed by atoms with van der Waals surface area (Å²) in [6, 6.07) is 0. The molecule has 3 aliphatic heterocycles. The molecule has 23 atom stereocenters. The molecule has 79 heavy (non-hydrogen) atoms. The van der Waals surface area contributed by atoms with E-state index in [4.69, 9.17) is 61.6 Å². The number of aliphatic hydroxyl groups is 1. The normalized spacial score (nSPS) is 40.4. The second kappa shape index (κ2) is 28.9. The van der Waals surface area contributed by atoms with Gasteiger partial charge in [0.15, 0.2) is 48.6 Å². The second-order valence-electron chi connectivity index (χ2n) is 23.8. The van der Waals surface area contributed by atoms with Gasteiger partial charge < -0.3 is 66.7 Å². The highest BCUT2D eigenvalue weighted by molar-refractivity contribution is 5.89. The SMILES string of the molecule is C=C1C[C@@H](C)O[C@@H](O[C@@H]2[C@@H](C)[C@H](O[C@H]3C[C@@](C)(OC(C)=O)[C@@H](OC(C)=O)[C@H](C)O3)[C@@H](C)C(=O)C[C@H]([C@@H](C)CO[C@@H]3O[C@H](C)[C@@H](OC(C)=O)[C@@H](OC)[C@H]3OC)[C@H](C)[C@@H](OC(=O)CC(C)C)[C@@H](C)C(=O)[C@@](C)(O)C[C@@H]2C)[C@@H]1OC(C)=O. The minimum Gasteiger partial charge on any atom is -0.461 e. The van der Waals surface area contributed by atoms with Crippen LogP contribution in [-0.2, 0) is 95.1 Å². The Bertz CT molecular complexity index is 2110. The van der Waals surface area contributed by atoms with Crippen molar-refractivity contribution in [3.63, 3.8) is 0 Å². The summed E-state index contributed by atoms with van der Waals surface area (Å²) in [5.74, 6) is -9.72. The maximum Gasteiger partial charge on any atom is 0.306 e. The van der Waals surface area contributed by atoms with Crippen LogP contribution in [0, 0.1) is 47.3 Å². The highest BCUT2D eigenvalue weighted by atomic mass is 16.7. The number of rotatable bonds is 17. The summed E-state index contributed by atoms with van der Waals surface area (Å²) in [6.45, 7) is 31.7. The van der Waals surface area contributed by atoms with E-state index >= 15 is 9.59 Å². The zero-order valence-corrected chi connectivity index (χ0v) is 50.3. The quantitative estimate of drug-likeness (QED) is 0.0918. The second-order valence-corrected chi connectivity index (χ2v) is 23.8. The maximum atomic E-state index is 15.6. The molecule has 0 aromatic rings. The van der Waals surface area contributed by atoms with Crippen LogP contribution >= 0.6 is 0 Å². The molecule has 4 fully saturated rings. The number of Topliss-reactive ketones (excluding diaryl/α,β-unsaturated/α-hetero) is 2. The van der Waals surface area contributed by atoms with E-state index in [-0.39, 0.29) is 44.0 Å². The molecule has 1 N–H and O–H groups in total. The molecule has 0 unspecified atom stereocenters. The average molecular weight is 1130 g/mol. The number of carbonyl (C=O) groups is 7. The van der Waals surface area contributed by atoms with E-state index in [1.54, 1.807) is 48.5 Å². The zero-order chi connectivity index (χ0) is 59.8. The van der Waals surface area contributed by atoms with Crippen molar-refractivity contribution in [3.8, 4) is 0 Å². The smallest absolute Gasteiger partial charge is 0.306 e. The number of methoxy groups -OCH3 is 2. The van der Waals surface area contributed by atoms with Crippen LogP contribution in [-0.4, -0.2) is 165 Å². The Labute approximate surface area is 467 Å². The number of esters is 5. The van der Waals surface area contributed by atoms with Crippen molar-refractivity contribution in [1.82, 2.24) is 0 Å². The molecule has 1 aliphatic carbocycles. The largest absolute Gasteiger partial charge is 0.461 e. The third-order valence-electron chi connectivity index (χ3n) is 16.2. The van der Waals surface area contributed by atoms with Gasteiger partial charge >= 0.3 is 29.8 Å². The molecule has 452 valence electrons. The average Bonchev–Trinajstić information content (AvgIpc) is 3.44. The van der Waals surface area contributed by atoms with Gasteiger partial charge in [0.05, 0.1) is 43.0 Å². The Hall–Kier alpha value is -3.93. The summed E-state index contributed by atoms with van der Waals surface area (Å²) in [5.41, 5.74) is -3.02. The summed E-state index contributed by atoms with van der Waals surface area (Å²) in [6.07, 6.45) is -13.6. The van der Waals surface area contributed by atoms with Crippen LogP contribution in [0.3, 0.4) is 0 Å². The molecule has 4 aliphatic rings. The first kappa shape index (κ1) is 67.6. The van der Waals surface area contributed by atoms with Crippen molar-refractivity contribution >= 4 is 41.4 Å². The van der Waals surface area contributed by atoms with E-state index in [9.17, 15) is 29.1 Å². The Balaban J connectivity index is 1.94. The molecular weight excluding hydrogens is 1030 g/mol. The molecule has 0 radical (unpaired) electrons. The highest BCUT2D eigenvalue weighted by Crippen LogP contribution is 2.43. The zero-order valence-electron chi connectivity index (χ0n) is 50.3. The Morgan fingerprint density at radius 1 is 0.658 bits per heavy atom. The van der Waals surface area contributed by atoms with Gasteiger partial charge in [0, 0.05) is 73.0 Å². The number of hydrogen-bond acceptors (Lipinski definition) is 21. The van der Waals surface area contributed by atoms with Crippen molar-refractivity contribution < 1.29 is 100 Å². The fourth-order valence-electron chi connectivity index (χ4n) is 12.4. The van der Waals surface area contributed by atoms with Gasteiger partial charge in [-0.2, -0.15) is 0 Å². The van der Waals surface area contributed by atoms with Crippen LogP contribution in [0.25, 0.3) is 0 Å². The Kier molecular flexibility index (Phi) is 24.7. The molecule has 0 aromatic heterocycles. The van der Waals surface area contributed by atoms with Gasteiger partial charge in [-0.15, -0.1) is 0 Å². The molecule has 4 rings (SSSR count). The van der Waals surface area contributed by atoms with E-state index in [2.05, 4.69) is 6.58 Å². The topological polar surface area (TPSA) is 260 Å². The van der Waals surface area contributed by atoms with Crippen molar-refractivity contribution in [2.75, 3.05) is 20.8 Å². The molecule has 0 spiro atoms. The van der Waals surface area contributed by atoms with Gasteiger partial charge in [0.1, 0.15) is 29.7 Å². The first-order valence-electron chi connectivity index (χ1n) is 28.0. The molecule has 21 nitrogen and oxygen atoms in total. The van der Waals surface area contributed by atoms with Crippen molar-refractivity contribution in [2.24, 2.45) is 47.3 Å². The van der Waals surface area contributed by atoms with Crippen molar-refractivity contribution in [3.05, 3.63) is 12.2 Å². The summed E-state index contributed by atoms with van der Waals surface area (Å²) >= 11 is 0. The van der Waals surface area contributed by atoms with Crippen LogP contribution in [0.5, 0.6) is 0 Å². The predicted octanol–water partition coefficient (Wildman–Crippen LogP) is 6.56. The van der Waals surface area contributed by atoms with E-state index in [0.717, 1.165) is 0 Å². The molecule has 0 aromatic carbocycles. The lowest BCUT2D eigenvalue weighted by Crippen LogP contribution is -2.60. The van der Waals surface area contributed by atoms with E-state index in [0.29, 0.717) is 12.0 Å². The molecule has 0 amide bonds. The highest BCUT2D eigenvalue weighted by Gasteiger charge is 2.54. The first-order valence-corrected chi connectivity index (χ1v) is 28.0. The van der Waals surface area contributed by atoms with Crippen LogP contribution in [0.15, 0.2) is 12.2 Å². The third-order valence-corrected chi connectivity index (χ3v) is 16.2. The molecule has 3 saturated heterocycles. The third kappa shape index (κ3) is 17.5. The van der Waals surface area contributed by atoms with Gasteiger partial charge in [0.25, 0.3) is 0 Å². The van der Waals surface area contributed by atoms with Gasteiger partial charge in [-0.05, 0) is 82.6 Å². The van der Waals surface area contributed by atoms with Gasteiger partial charge in [0.2, 0.25) is 0 Å².